The number of carbonyl (C=O) groups excluding carboxylic acids is 1. The van der Waals surface area contributed by atoms with E-state index in [0.717, 1.165) is 18.4 Å². The third-order valence-electron chi connectivity index (χ3n) is 3.12. The van der Waals surface area contributed by atoms with Crippen LogP contribution in [-0.2, 0) is 4.79 Å². The Balaban J connectivity index is 2.72. The Morgan fingerprint density at radius 3 is 2.39 bits per heavy atom. The first kappa shape index (κ1) is 14.7. The molecule has 100 valence electrons. The summed E-state index contributed by atoms with van der Waals surface area (Å²) >= 11 is 0. The lowest BCUT2D eigenvalue weighted by Gasteiger charge is -2.22. The molecule has 0 aliphatic heterocycles. The average Bonchev–Trinajstić information content (AvgIpc) is 2.38. The maximum absolute atomic E-state index is 12.0. The van der Waals surface area contributed by atoms with Crippen molar-refractivity contribution in [2.75, 3.05) is 0 Å². The van der Waals surface area contributed by atoms with Crippen molar-refractivity contribution in [1.29, 1.82) is 0 Å². The summed E-state index contributed by atoms with van der Waals surface area (Å²) in [5.41, 5.74) is 7.01. The second kappa shape index (κ2) is 7.17. The molecule has 3 nitrogen and oxygen atoms in total. The minimum absolute atomic E-state index is 0.0627. The lowest BCUT2D eigenvalue weighted by molar-refractivity contribution is -0.124. The maximum atomic E-state index is 12.0. The van der Waals surface area contributed by atoms with Crippen LogP contribution in [0.3, 0.4) is 0 Å². The van der Waals surface area contributed by atoms with Crippen LogP contribution in [0.1, 0.15) is 45.2 Å². The van der Waals surface area contributed by atoms with Gasteiger partial charge in [-0.05, 0) is 17.9 Å². The Morgan fingerprint density at radius 2 is 1.89 bits per heavy atom. The third-order valence-corrected chi connectivity index (χ3v) is 3.12. The molecule has 2 unspecified atom stereocenters. The topological polar surface area (TPSA) is 55.1 Å². The minimum atomic E-state index is -0.437. The molecule has 0 saturated carbocycles. The van der Waals surface area contributed by atoms with Crippen molar-refractivity contribution in [3.8, 4) is 0 Å². The van der Waals surface area contributed by atoms with Gasteiger partial charge in [-0.15, -0.1) is 0 Å². The van der Waals surface area contributed by atoms with Crippen LogP contribution in [0.4, 0.5) is 0 Å². The average molecular weight is 248 g/mol. The highest BCUT2D eigenvalue weighted by Gasteiger charge is 2.20. The van der Waals surface area contributed by atoms with Crippen LogP contribution >= 0.6 is 0 Å². The van der Waals surface area contributed by atoms with Gasteiger partial charge in [-0.3, -0.25) is 4.79 Å². The van der Waals surface area contributed by atoms with Gasteiger partial charge in [-0.2, -0.15) is 0 Å². The number of nitrogens with one attached hydrogen (secondary N) is 1. The SMILES string of the molecule is CCCC(NC(=O)C(N)C(C)C)c1ccccc1. The number of rotatable bonds is 6. The molecular formula is C15H24N2O. The molecule has 0 aromatic heterocycles. The molecule has 0 aliphatic rings. The van der Waals surface area contributed by atoms with Crippen LogP contribution in [-0.4, -0.2) is 11.9 Å². The Bertz CT molecular complexity index is 362. The molecule has 1 aromatic carbocycles. The van der Waals surface area contributed by atoms with Crippen molar-refractivity contribution in [2.45, 2.75) is 45.7 Å². The first-order valence-electron chi connectivity index (χ1n) is 6.67. The second-order valence-corrected chi connectivity index (χ2v) is 5.03. The van der Waals surface area contributed by atoms with Gasteiger partial charge in [0.1, 0.15) is 0 Å². The first-order chi connectivity index (χ1) is 8.56. The van der Waals surface area contributed by atoms with E-state index in [-0.39, 0.29) is 17.9 Å². The summed E-state index contributed by atoms with van der Waals surface area (Å²) in [7, 11) is 0. The molecule has 0 radical (unpaired) electrons. The van der Waals surface area contributed by atoms with Crippen molar-refractivity contribution in [3.63, 3.8) is 0 Å². The summed E-state index contributed by atoms with van der Waals surface area (Å²) < 4.78 is 0. The second-order valence-electron chi connectivity index (χ2n) is 5.03. The van der Waals surface area contributed by atoms with Gasteiger partial charge in [-0.25, -0.2) is 0 Å². The highest BCUT2D eigenvalue weighted by Crippen LogP contribution is 2.18. The molecule has 3 N–H and O–H groups in total. The van der Waals surface area contributed by atoms with E-state index in [1.54, 1.807) is 0 Å². The van der Waals surface area contributed by atoms with Crippen molar-refractivity contribution in [2.24, 2.45) is 11.7 Å². The van der Waals surface area contributed by atoms with E-state index in [2.05, 4.69) is 12.2 Å². The lowest BCUT2D eigenvalue weighted by atomic mass is 10.00. The highest BCUT2D eigenvalue weighted by atomic mass is 16.2. The fraction of sp³-hybridized carbons (Fsp3) is 0.533. The van der Waals surface area contributed by atoms with E-state index in [1.165, 1.54) is 0 Å². The molecule has 1 rings (SSSR count). The van der Waals surface area contributed by atoms with Crippen LogP contribution in [0, 0.1) is 5.92 Å². The fourth-order valence-electron chi connectivity index (χ4n) is 1.87. The molecule has 1 aromatic rings. The van der Waals surface area contributed by atoms with Gasteiger partial charge < -0.3 is 11.1 Å². The number of benzene rings is 1. The normalized spacial score (nSPS) is 14.3. The van der Waals surface area contributed by atoms with E-state index in [0.29, 0.717) is 0 Å². The number of hydrogen-bond donors (Lipinski definition) is 2. The molecule has 1 amide bonds. The zero-order chi connectivity index (χ0) is 13.5. The van der Waals surface area contributed by atoms with Gasteiger partial charge in [-0.1, -0.05) is 57.5 Å². The predicted molar refractivity (Wildman–Crippen MR) is 75.0 cm³/mol. The van der Waals surface area contributed by atoms with Gasteiger partial charge in [0.25, 0.3) is 0 Å². The molecule has 0 bridgehead atoms. The Morgan fingerprint density at radius 1 is 1.28 bits per heavy atom. The summed E-state index contributed by atoms with van der Waals surface area (Å²) in [5, 5.41) is 3.05. The molecule has 3 heteroatoms. The predicted octanol–water partition coefficient (Wildman–Crippen LogP) is 2.63. The van der Waals surface area contributed by atoms with E-state index < -0.39 is 6.04 Å². The van der Waals surface area contributed by atoms with Crippen LogP contribution in [0.25, 0.3) is 0 Å². The summed E-state index contributed by atoms with van der Waals surface area (Å²) in [5.74, 6) is 0.0929. The zero-order valence-electron chi connectivity index (χ0n) is 11.5. The van der Waals surface area contributed by atoms with Gasteiger partial charge >= 0.3 is 0 Å². The summed E-state index contributed by atoms with van der Waals surface area (Å²) in [6.07, 6.45) is 1.96. The van der Waals surface area contributed by atoms with E-state index >= 15 is 0 Å². The standard InChI is InChI=1S/C15H24N2O/c1-4-8-13(12-9-6-5-7-10-12)17-15(18)14(16)11(2)3/h5-7,9-11,13-14H,4,8,16H2,1-3H3,(H,17,18). The van der Waals surface area contributed by atoms with Crippen molar-refractivity contribution in [3.05, 3.63) is 35.9 Å². The quantitative estimate of drug-likeness (QED) is 0.813. The number of amides is 1. The van der Waals surface area contributed by atoms with Crippen LogP contribution in [0.15, 0.2) is 30.3 Å². The van der Waals surface area contributed by atoms with Crippen LogP contribution in [0.5, 0.6) is 0 Å². The van der Waals surface area contributed by atoms with Gasteiger partial charge in [0.05, 0.1) is 12.1 Å². The van der Waals surface area contributed by atoms with Crippen LogP contribution in [0.2, 0.25) is 0 Å². The molecule has 2 atom stereocenters. The van der Waals surface area contributed by atoms with E-state index in [1.807, 2.05) is 44.2 Å². The van der Waals surface area contributed by atoms with Crippen molar-refractivity contribution >= 4 is 5.91 Å². The summed E-state index contributed by atoms with van der Waals surface area (Å²) in [6.45, 7) is 6.04. The Kier molecular flexibility index (Phi) is 5.86. The monoisotopic (exact) mass is 248 g/mol. The molecule has 18 heavy (non-hydrogen) atoms. The molecule has 0 heterocycles. The summed E-state index contributed by atoms with van der Waals surface area (Å²) in [6, 6.07) is 9.68. The van der Waals surface area contributed by atoms with Crippen molar-refractivity contribution < 1.29 is 4.79 Å². The van der Waals surface area contributed by atoms with Crippen molar-refractivity contribution in [1.82, 2.24) is 5.32 Å². The largest absolute Gasteiger partial charge is 0.348 e. The van der Waals surface area contributed by atoms with E-state index in [9.17, 15) is 4.79 Å². The molecule has 0 spiro atoms. The highest BCUT2D eigenvalue weighted by molar-refractivity contribution is 5.82. The number of hydrogen-bond acceptors (Lipinski definition) is 2. The third kappa shape index (κ3) is 4.15. The molecule has 0 saturated heterocycles. The fourth-order valence-corrected chi connectivity index (χ4v) is 1.87. The molecule has 0 aliphatic carbocycles. The molecule has 0 fully saturated rings. The minimum Gasteiger partial charge on any atom is -0.348 e. The Hall–Kier alpha value is -1.35. The van der Waals surface area contributed by atoms with Gasteiger partial charge in [0, 0.05) is 0 Å². The van der Waals surface area contributed by atoms with Gasteiger partial charge in [0.15, 0.2) is 0 Å². The first-order valence-corrected chi connectivity index (χ1v) is 6.67. The smallest absolute Gasteiger partial charge is 0.237 e. The lowest BCUT2D eigenvalue weighted by Crippen LogP contribution is -2.45. The maximum Gasteiger partial charge on any atom is 0.237 e. The van der Waals surface area contributed by atoms with Crippen LogP contribution < -0.4 is 11.1 Å². The van der Waals surface area contributed by atoms with E-state index in [4.69, 9.17) is 5.73 Å². The van der Waals surface area contributed by atoms with Gasteiger partial charge in [0.2, 0.25) is 5.91 Å². The summed E-state index contributed by atoms with van der Waals surface area (Å²) in [4.78, 5) is 12.0. The number of nitrogens with two attached hydrogens (primary N) is 1. The number of carbonyl (C=O) groups is 1. The zero-order valence-corrected chi connectivity index (χ0v) is 11.5. The Labute approximate surface area is 110 Å². The molecular weight excluding hydrogens is 224 g/mol.